The first kappa shape index (κ1) is 11.8. The van der Waals surface area contributed by atoms with Gasteiger partial charge in [0.15, 0.2) is 0 Å². The van der Waals surface area contributed by atoms with Crippen LogP contribution in [-0.2, 0) is 11.3 Å². The van der Waals surface area contributed by atoms with Crippen molar-refractivity contribution in [2.24, 2.45) is 5.73 Å². The number of hydrogen-bond acceptors (Lipinski definition) is 2. The topological polar surface area (TPSA) is 70.9 Å². The Kier molecular flexibility index (Phi) is 4.90. The van der Waals surface area contributed by atoms with Gasteiger partial charge < -0.3 is 16.0 Å². The minimum Gasteiger partial charge on any atom is -0.367 e. The third-order valence-electron chi connectivity index (χ3n) is 2.33. The van der Waals surface area contributed by atoms with Crippen molar-refractivity contribution in [2.45, 2.75) is 38.8 Å². The molecule has 0 spiro atoms. The van der Waals surface area contributed by atoms with Gasteiger partial charge in [0.2, 0.25) is 5.91 Å². The van der Waals surface area contributed by atoms with Gasteiger partial charge in [0.05, 0.1) is 6.04 Å². The summed E-state index contributed by atoms with van der Waals surface area (Å²) in [6.45, 7) is 2.63. The van der Waals surface area contributed by atoms with E-state index in [1.54, 1.807) is 0 Å². The van der Waals surface area contributed by atoms with E-state index in [-0.39, 0.29) is 11.9 Å². The lowest BCUT2D eigenvalue weighted by Gasteiger charge is -2.10. The molecule has 0 aromatic carbocycles. The Bertz CT molecular complexity index is 282. The van der Waals surface area contributed by atoms with Crippen molar-refractivity contribution in [3.05, 3.63) is 24.0 Å². The van der Waals surface area contributed by atoms with Crippen LogP contribution < -0.4 is 11.1 Å². The van der Waals surface area contributed by atoms with Gasteiger partial charge in [-0.2, -0.15) is 0 Å². The Morgan fingerprint density at radius 1 is 1.67 bits per heavy atom. The molecular formula is C11H19N3O. The first-order valence-corrected chi connectivity index (χ1v) is 5.39. The second-order valence-corrected chi connectivity index (χ2v) is 3.69. The van der Waals surface area contributed by atoms with E-state index < -0.39 is 0 Å². The zero-order valence-electron chi connectivity index (χ0n) is 9.12. The van der Waals surface area contributed by atoms with Crippen LogP contribution in [0.5, 0.6) is 0 Å². The van der Waals surface area contributed by atoms with Crippen molar-refractivity contribution < 1.29 is 4.79 Å². The van der Waals surface area contributed by atoms with Crippen LogP contribution in [0.1, 0.15) is 31.7 Å². The Hall–Kier alpha value is -1.29. The maximum Gasteiger partial charge on any atom is 0.237 e. The summed E-state index contributed by atoms with van der Waals surface area (Å²) in [4.78, 5) is 14.4. The summed E-state index contributed by atoms with van der Waals surface area (Å²) >= 11 is 0. The molecule has 0 bridgehead atoms. The highest BCUT2D eigenvalue weighted by atomic mass is 16.2. The first-order valence-electron chi connectivity index (χ1n) is 5.39. The molecule has 15 heavy (non-hydrogen) atoms. The average Bonchev–Trinajstić information content (AvgIpc) is 2.75. The molecule has 4 nitrogen and oxygen atoms in total. The van der Waals surface area contributed by atoms with Crippen LogP contribution in [0.2, 0.25) is 0 Å². The third kappa shape index (κ3) is 4.16. The molecule has 1 aromatic heterocycles. The minimum absolute atomic E-state index is 0.0651. The molecule has 4 heteroatoms. The second-order valence-electron chi connectivity index (χ2n) is 3.69. The van der Waals surface area contributed by atoms with Crippen molar-refractivity contribution >= 4 is 5.91 Å². The van der Waals surface area contributed by atoms with E-state index in [2.05, 4.69) is 17.2 Å². The Morgan fingerprint density at radius 3 is 3.07 bits per heavy atom. The third-order valence-corrected chi connectivity index (χ3v) is 2.33. The maximum atomic E-state index is 11.5. The predicted octanol–water partition coefficient (Wildman–Crippen LogP) is 1.15. The van der Waals surface area contributed by atoms with E-state index in [9.17, 15) is 4.79 Å². The van der Waals surface area contributed by atoms with Gasteiger partial charge in [-0.15, -0.1) is 0 Å². The van der Waals surface area contributed by atoms with Crippen molar-refractivity contribution in [1.82, 2.24) is 10.3 Å². The van der Waals surface area contributed by atoms with E-state index in [4.69, 9.17) is 5.73 Å². The smallest absolute Gasteiger partial charge is 0.237 e. The lowest BCUT2D eigenvalue weighted by Crippen LogP contribution is -2.40. The fourth-order valence-electron chi connectivity index (χ4n) is 1.34. The van der Waals surface area contributed by atoms with E-state index >= 15 is 0 Å². The highest BCUT2D eigenvalue weighted by molar-refractivity contribution is 5.81. The molecule has 0 aliphatic carbocycles. The van der Waals surface area contributed by atoms with Gasteiger partial charge in [-0.1, -0.05) is 19.8 Å². The summed E-state index contributed by atoms with van der Waals surface area (Å²) in [6.07, 6.45) is 6.52. The van der Waals surface area contributed by atoms with Gasteiger partial charge in [0.25, 0.3) is 0 Å². The summed E-state index contributed by atoms with van der Waals surface area (Å²) in [5.41, 5.74) is 6.78. The van der Waals surface area contributed by atoms with Crippen LogP contribution >= 0.6 is 0 Å². The largest absolute Gasteiger partial charge is 0.367 e. The molecule has 1 atom stereocenters. The van der Waals surface area contributed by atoms with Crippen LogP contribution in [0.4, 0.5) is 0 Å². The highest BCUT2D eigenvalue weighted by Crippen LogP contribution is 1.99. The van der Waals surface area contributed by atoms with Crippen LogP contribution in [0.3, 0.4) is 0 Å². The number of amides is 1. The summed E-state index contributed by atoms with van der Waals surface area (Å²) in [5, 5.41) is 2.81. The van der Waals surface area contributed by atoms with Crippen molar-refractivity contribution in [3.63, 3.8) is 0 Å². The lowest BCUT2D eigenvalue weighted by molar-refractivity contribution is -0.122. The molecule has 1 heterocycles. The lowest BCUT2D eigenvalue weighted by atomic mass is 10.1. The summed E-state index contributed by atoms with van der Waals surface area (Å²) < 4.78 is 0. The first-order chi connectivity index (χ1) is 7.24. The number of carbonyl (C=O) groups excluding carboxylic acids is 1. The maximum absolute atomic E-state index is 11.5. The molecule has 4 N–H and O–H groups in total. The van der Waals surface area contributed by atoms with E-state index in [0.717, 1.165) is 24.8 Å². The van der Waals surface area contributed by atoms with Gasteiger partial charge in [-0.25, -0.2) is 0 Å². The molecule has 84 valence electrons. The van der Waals surface area contributed by atoms with Gasteiger partial charge in [-0.05, 0) is 18.1 Å². The van der Waals surface area contributed by atoms with E-state index in [1.165, 1.54) is 0 Å². The number of aromatic amines is 1. The van der Waals surface area contributed by atoms with Crippen LogP contribution in [0, 0.1) is 0 Å². The molecule has 0 aliphatic rings. The fraction of sp³-hybridized carbons (Fsp3) is 0.545. The van der Waals surface area contributed by atoms with Gasteiger partial charge in [0.1, 0.15) is 0 Å². The molecular weight excluding hydrogens is 190 g/mol. The molecule has 1 aromatic rings. The predicted molar refractivity (Wildman–Crippen MR) is 60.1 cm³/mol. The highest BCUT2D eigenvalue weighted by Gasteiger charge is 2.11. The van der Waals surface area contributed by atoms with Crippen molar-refractivity contribution in [3.8, 4) is 0 Å². The van der Waals surface area contributed by atoms with Crippen LogP contribution in [-0.4, -0.2) is 16.9 Å². The number of H-pyrrole nitrogens is 1. The van der Waals surface area contributed by atoms with E-state index in [1.807, 2.05) is 18.5 Å². The van der Waals surface area contributed by atoms with E-state index in [0.29, 0.717) is 6.54 Å². The van der Waals surface area contributed by atoms with Crippen LogP contribution in [0.25, 0.3) is 0 Å². The van der Waals surface area contributed by atoms with Crippen LogP contribution in [0.15, 0.2) is 18.5 Å². The molecule has 0 unspecified atom stereocenters. The SMILES string of the molecule is CCCC[C@H](N)C(=O)NCc1cc[nH]c1. The van der Waals surface area contributed by atoms with Gasteiger partial charge >= 0.3 is 0 Å². The van der Waals surface area contributed by atoms with Gasteiger partial charge in [0, 0.05) is 18.9 Å². The Morgan fingerprint density at radius 2 is 2.47 bits per heavy atom. The monoisotopic (exact) mass is 209 g/mol. The minimum atomic E-state index is -0.371. The standard InChI is InChI=1S/C11H19N3O/c1-2-3-4-10(12)11(15)14-8-9-5-6-13-7-9/h5-7,10,13H,2-4,8,12H2,1H3,(H,14,15)/t10-/m0/s1. The number of hydrogen-bond donors (Lipinski definition) is 3. The van der Waals surface area contributed by atoms with Crippen molar-refractivity contribution in [2.75, 3.05) is 0 Å². The quantitative estimate of drug-likeness (QED) is 0.657. The number of nitrogens with one attached hydrogen (secondary N) is 2. The summed E-state index contributed by atoms with van der Waals surface area (Å²) in [5.74, 6) is -0.0651. The summed E-state index contributed by atoms with van der Waals surface area (Å²) in [6, 6.07) is 1.56. The average molecular weight is 209 g/mol. The molecule has 0 radical (unpaired) electrons. The zero-order valence-corrected chi connectivity index (χ0v) is 9.12. The zero-order chi connectivity index (χ0) is 11.1. The van der Waals surface area contributed by atoms with Gasteiger partial charge in [-0.3, -0.25) is 4.79 Å². The molecule has 0 fully saturated rings. The molecule has 1 rings (SSSR count). The Balaban J connectivity index is 2.23. The van der Waals surface area contributed by atoms with Crippen molar-refractivity contribution in [1.29, 1.82) is 0 Å². The fourth-order valence-corrected chi connectivity index (χ4v) is 1.34. The second kappa shape index (κ2) is 6.24. The summed E-state index contributed by atoms with van der Waals surface area (Å²) in [7, 11) is 0. The number of carbonyl (C=O) groups is 1. The normalized spacial score (nSPS) is 12.4. The number of nitrogens with two attached hydrogens (primary N) is 1. The molecule has 1 amide bonds. The number of rotatable bonds is 6. The molecule has 0 aliphatic heterocycles. The molecule has 0 saturated heterocycles. The number of unbranched alkanes of at least 4 members (excludes halogenated alkanes) is 1. The Labute approximate surface area is 90.2 Å². The number of aromatic nitrogens is 1. The molecule has 0 saturated carbocycles.